The molecule has 94 valence electrons. The van der Waals surface area contributed by atoms with Gasteiger partial charge in [0.25, 0.3) is 0 Å². The van der Waals surface area contributed by atoms with E-state index in [4.69, 9.17) is 10.3 Å². The fraction of sp³-hybridized carbons (Fsp3) is 0.429. The van der Waals surface area contributed by atoms with Crippen molar-refractivity contribution in [1.29, 1.82) is 0 Å². The van der Waals surface area contributed by atoms with Crippen LogP contribution >= 0.6 is 0 Å². The Morgan fingerprint density at radius 1 is 1.33 bits per heavy atom. The molecular formula is C14H17N3O. The zero-order valence-electron chi connectivity index (χ0n) is 10.5. The zero-order chi connectivity index (χ0) is 12.6. The van der Waals surface area contributed by atoms with E-state index in [2.05, 4.69) is 29.2 Å². The molecule has 4 nitrogen and oxygen atoms in total. The van der Waals surface area contributed by atoms with Gasteiger partial charge in [0.2, 0.25) is 5.89 Å². The molecule has 3 rings (SSSR count). The van der Waals surface area contributed by atoms with Crippen LogP contribution in [0.25, 0.3) is 0 Å². The fourth-order valence-electron chi connectivity index (χ4n) is 2.00. The maximum Gasteiger partial charge on any atom is 0.243 e. The van der Waals surface area contributed by atoms with Crippen LogP contribution < -0.4 is 5.73 Å². The van der Waals surface area contributed by atoms with Crippen molar-refractivity contribution in [3.05, 3.63) is 47.6 Å². The molecule has 0 saturated heterocycles. The molecule has 1 heterocycles. The molecule has 0 bridgehead atoms. The predicted octanol–water partition coefficient (Wildman–Crippen LogP) is 2.36. The molecule has 0 aliphatic heterocycles. The summed E-state index contributed by atoms with van der Waals surface area (Å²) in [6, 6.07) is 9.89. The van der Waals surface area contributed by atoms with E-state index in [-0.39, 0.29) is 11.5 Å². The summed E-state index contributed by atoms with van der Waals surface area (Å²) in [6.45, 7) is 2.16. The first-order valence-corrected chi connectivity index (χ1v) is 6.31. The highest BCUT2D eigenvalue weighted by Gasteiger charge is 2.43. The van der Waals surface area contributed by atoms with Crippen molar-refractivity contribution in [2.24, 2.45) is 5.73 Å². The molecule has 0 unspecified atom stereocenters. The lowest BCUT2D eigenvalue weighted by Gasteiger charge is -2.06. The van der Waals surface area contributed by atoms with Crippen molar-refractivity contribution < 1.29 is 4.52 Å². The third-order valence-electron chi connectivity index (χ3n) is 3.60. The first kappa shape index (κ1) is 11.4. The Morgan fingerprint density at radius 2 is 2.06 bits per heavy atom. The summed E-state index contributed by atoms with van der Waals surface area (Å²) in [5, 5.41) is 4.05. The molecular weight excluding hydrogens is 226 g/mol. The van der Waals surface area contributed by atoms with Crippen LogP contribution in [0, 0.1) is 0 Å². The van der Waals surface area contributed by atoms with Crippen molar-refractivity contribution in [2.45, 2.75) is 37.6 Å². The van der Waals surface area contributed by atoms with Crippen molar-refractivity contribution in [3.8, 4) is 0 Å². The third kappa shape index (κ3) is 2.16. The summed E-state index contributed by atoms with van der Waals surface area (Å²) in [5.41, 5.74) is 7.42. The number of nitrogens with two attached hydrogens (primary N) is 1. The van der Waals surface area contributed by atoms with E-state index in [0.717, 1.165) is 25.1 Å². The lowest BCUT2D eigenvalue weighted by atomic mass is 10.1. The fourth-order valence-corrected chi connectivity index (χ4v) is 2.00. The first-order valence-electron chi connectivity index (χ1n) is 6.31. The Bertz CT molecular complexity index is 531. The second kappa shape index (κ2) is 4.21. The van der Waals surface area contributed by atoms with Gasteiger partial charge in [-0.15, -0.1) is 0 Å². The first-order chi connectivity index (χ1) is 8.67. The third-order valence-corrected chi connectivity index (χ3v) is 3.60. The lowest BCUT2D eigenvalue weighted by Crippen LogP contribution is -2.14. The minimum Gasteiger partial charge on any atom is -0.338 e. The highest BCUT2D eigenvalue weighted by Crippen LogP contribution is 2.46. The molecule has 1 aromatic heterocycles. The van der Waals surface area contributed by atoms with Crippen molar-refractivity contribution in [2.75, 3.05) is 0 Å². The summed E-state index contributed by atoms with van der Waals surface area (Å²) in [4.78, 5) is 4.44. The average molecular weight is 243 g/mol. The van der Waals surface area contributed by atoms with Gasteiger partial charge < -0.3 is 10.3 Å². The van der Waals surface area contributed by atoms with E-state index in [1.54, 1.807) is 0 Å². The van der Waals surface area contributed by atoms with Gasteiger partial charge in [-0.05, 0) is 24.8 Å². The zero-order valence-corrected chi connectivity index (χ0v) is 10.5. The maximum absolute atomic E-state index is 6.11. The number of rotatable bonds is 4. The Kier molecular flexibility index (Phi) is 2.67. The smallest absolute Gasteiger partial charge is 0.243 e. The van der Waals surface area contributed by atoms with E-state index < -0.39 is 0 Å². The van der Waals surface area contributed by atoms with Crippen LogP contribution in [0.15, 0.2) is 34.9 Å². The van der Waals surface area contributed by atoms with Gasteiger partial charge in [0, 0.05) is 5.41 Å². The molecule has 0 radical (unpaired) electrons. The Balaban J connectivity index is 1.72. The SMILES string of the molecule is CC1(c2noc([C@@H](N)Cc3ccccc3)n2)CC1. The van der Waals surface area contributed by atoms with Crippen molar-refractivity contribution >= 4 is 0 Å². The van der Waals surface area contributed by atoms with Crippen LogP contribution in [0.5, 0.6) is 0 Å². The summed E-state index contributed by atoms with van der Waals surface area (Å²) in [7, 11) is 0. The number of aromatic nitrogens is 2. The Morgan fingerprint density at radius 3 is 2.72 bits per heavy atom. The molecule has 0 amide bonds. The van der Waals surface area contributed by atoms with Crippen LogP contribution in [0.2, 0.25) is 0 Å². The normalized spacial score (nSPS) is 18.6. The van der Waals surface area contributed by atoms with E-state index in [1.807, 2.05) is 18.2 Å². The standard InChI is InChI=1S/C14H17N3O/c1-14(7-8-14)13-16-12(18-17-13)11(15)9-10-5-3-2-4-6-10/h2-6,11H,7-9,15H2,1H3/t11-/m0/s1. The molecule has 1 saturated carbocycles. The molecule has 1 aliphatic rings. The van der Waals surface area contributed by atoms with Gasteiger partial charge in [-0.3, -0.25) is 0 Å². The Labute approximate surface area is 106 Å². The molecule has 0 spiro atoms. The van der Waals surface area contributed by atoms with Gasteiger partial charge in [-0.25, -0.2) is 0 Å². The number of hydrogen-bond donors (Lipinski definition) is 1. The minimum atomic E-state index is -0.226. The van der Waals surface area contributed by atoms with E-state index in [0.29, 0.717) is 5.89 Å². The number of nitrogens with zero attached hydrogens (tertiary/aromatic N) is 2. The van der Waals surface area contributed by atoms with Gasteiger partial charge in [0.1, 0.15) is 0 Å². The van der Waals surface area contributed by atoms with E-state index >= 15 is 0 Å². The van der Waals surface area contributed by atoms with Crippen LogP contribution in [-0.4, -0.2) is 10.1 Å². The molecule has 1 atom stereocenters. The summed E-state index contributed by atoms with van der Waals surface area (Å²) < 4.78 is 5.28. The molecule has 1 fully saturated rings. The second-order valence-electron chi connectivity index (χ2n) is 5.31. The highest BCUT2D eigenvalue weighted by molar-refractivity contribution is 5.18. The summed E-state index contributed by atoms with van der Waals surface area (Å²) >= 11 is 0. The van der Waals surface area contributed by atoms with Gasteiger partial charge in [0.15, 0.2) is 5.82 Å². The molecule has 1 aromatic carbocycles. The second-order valence-corrected chi connectivity index (χ2v) is 5.31. The van der Waals surface area contributed by atoms with Crippen LogP contribution in [0.3, 0.4) is 0 Å². The maximum atomic E-state index is 6.11. The molecule has 4 heteroatoms. The highest BCUT2D eigenvalue weighted by atomic mass is 16.5. The Hall–Kier alpha value is -1.68. The van der Waals surface area contributed by atoms with Crippen molar-refractivity contribution in [3.63, 3.8) is 0 Å². The molecule has 18 heavy (non-hydrogen) atoms. The van der Waals surface area contributed by atoms with E-state index in [9.17, 15) is 0 Å². The van der Waals surface area contributed by atoms with Gasteiger partial charge in [-0.2, -0.15) is 4.98 Å². The monoisotopic (exact) mass is 243 g/mol. The minimum absolute atomic E-state index is 0.133. The summed E-state index contributed by atoms with van der Waals surface area (Å²) in [5.74, 6) is 1.35. The van der Waals surface area contributed by atoms with Crippen LogP contribution in [0.1, 0.15) is 43.1 Å². The lowest BCUT2D eigenvalue weighted by molar-refractivity contribution is 0.347. The quantitative estimate of drug-likeness (QED) is 0.895. The topological polar surface area (TPSA) is 64.9 Å². The average Bonchev–Trinajstić information content (AvgIpc) is 2.95. The van der Waals surface area contributed by atoms with Gasteiger partial charge >= 0.3 is 0 Å². The van der Waals surface area contributed by atoms with Crippen LogP contribution in [0.4, 0.5) is 0 Å². The van der Waals surface area contributed by atoms with Gasteiger partial charge in [-0.1, -0.05) is 42.4 Å². The molecule has 1 aliphatic carbocycles. The number of hydrogen-bond acceptors (Lipinski definition) is 4. The summed E-state index contributed by atoms with van der Waals surface area (Å²) in [6.07, 6.45) is 3.00. The number of benzene rings is 1. The molecule has 2 aromatic rings. The van der Waals surface area contributed by atoms with Gasteiger partial charge in [0.05, 0.1) is 6.04 Å². The molecule has 2 N–H and O–H groups in total. The van der Waals surface area contributed by atoms with Crippen LogP contribution in [-0.2, 0) is 11.8 Å². The largest absolute Gasteiger partial charge is 0.338 e. The van der Waals surface area contributed by atoms with Crippen molar-refractivity contribution in [1.82, 2.24) is 10.1 Å². The van der Waals surface area contributed by atoms with E-state index in [1.165, 1.54) is 5.56 Å². The predicted molar refractivity (Wildman–Crippen MR) is 68.0 cm³/mol.